The zero-order valence-electron chi connectivity index (χ0n) is 16.7. The maximum atomic E-state index is 12.9. The molecule has 1 amide bonds. The number of anilines is 1. The molecule has 5 nitrogen and oxygen atoms in total. The van der Waals surface area contributed by atoms with Crippen molar-refractivity contribution in [1.82, 2.24) is 4.90 Å². The third kappa shape index (κ3) is 4.40. The predicted octanol–water partition coefficient (Wildman–Crippen LogP) is 1.44. The number of methoxy groups -OCH3 is 1. The second-order valence-electron chi connectivity index (χ2n) is 8.55. The smallest absolute Gasteiger partial charge is 0.277 e. The molecule has 5 heteroatoms. The fourth-order valence-electron chi connectivity index (χ4n) is 5.22. The number of ether oxygens (including phenoxy) is 1. The fourth-order valence-corrected chi connectivity index (χ4v) is 5.22. The summed E-state index contributed by atoms with van der Waals surface area (Å²) in [5.41, 5.74) is 1.22. The molecule has 0 radical (unpaired) electrons. The first-order chi connectivity index (χ1) is 13.2. The van der Waals surface area contributed by atoms with Crippen molar-refractivity contribution in [2.45, 2.75) is 32.1 Å². The molecule has 1 aromatic rings. The van der Waals surface area contributed by atoms with Gasteiger partial charge in [0.25, 0.3) is 5.91 Å². The molecule has 0 bridgehead atoms. The van der Waals surface area contributed by atoms with Gasteiger partial charge >= 0.3 is 0 Å². The number of hydrogen-bond donors (Lipinski definition) is 1. The Bertz CT molecular complexity index is 642. The van der Waals surface area contributed by atoms with Crippen LogP contribution in [0.5, 0.6) is 5.75 Å². The van der Waals surface area contributed by atoms with Gasteiger partial charge in [0.15, 0.2) is 6.54 Å². The quantitative estimate of drug-likeness (QED) is 0.869. The number of quaternary nitrogens is 1. The molecule has 3 fully saturated rings. The molecule has 3 aliphatic rings. The van der Waals surface area contributed by atoms with Crippen LogP contribution in [0.25, 0.3) is 0 Å². The number of likely N-dealkylation sites (tertiary alicyclic amines) is 1. The van der Waals surface area contributed by atoms with E-state index >= 15 is 0 Å². The summed E-state index contributed by atoms with van der Waals surface area (Å²) in [5, 5.41) is 0. The number of piperidine rings is 1. The van der Waals surface area contributed by atoms with Crippen LogP contribution in [0.4, 0.5) is 5.69 Å². The van der Waals surface area contributed by atoms with Crippen molar-refractivity contribution in [2.24, 2.45) is 11.8 Å². The van der Waals surface area contributed by atoms with E-state index in [1.807, 2.05) is 12.1 Å². The van der Waals surface area contributed by atoms with Gasteiger partial charge in [-0.05, 0) is 36.8 Å². The summed E-state index contributed by atoms with van der Waals surface area (Å²) in [6, 6.07) is 8.28. The predicted molar refractivity (Wildman–Crippen MR) is 107 cm³/mol. The molecule has 0 spiro atoms. The number of amides is 1. The van der Waals surface area contributed by atoms with Crippen LogP contribution in [0, 0.1) is 11.8 Å². The number of carbonyl (C=O) groups excluding carboxylic acids is 1. The molecule has 1 N–H and O–H groups in total. The number of piperazine rings is 1. The van der Waals surface area contributed by atoms with Gasteiger partial charge in [0.1, 0.15) is 5.75 Å². The van der Waals surface area contributed by atoms with Crippen LogP contribution < -0.4 is 14.5 Å². The molecular formula is C22H34N3O2+. The molecule has 2 saturated heterocycles. The van der Waals surface area contributed by atoms with Crippen LogP contribution in [0.2, 0.25) is 0 Å². The summed E-state index contributed by atoms with van der Waals surface area (Å²) in [6.45, 7) is 6.74. The largest absolute Gasteiger partial charge is 0.497 e. The molecule has 1 aromatic carbocycles. The molecule has 2 aliphatic heterocycles. The van der Waals surface area contributed by atoms with Crippen molar-refractivity contribution >= 4 is 11.6 Å². The van der Waals surface area contributed by atoms with Crippen molar-refractivity contribution in [1.29, 1.82) is 0 Å². The van der Waals surface area contributed by atoms with Gasteiger partial charge in [-0.3, -0.25) is 4.79 Å². The molecule has 27 heavy (non-hydrogen) atoms. The molecule has 4 rings (SSSR count). The van der Waals surface area contributed by atoms with Crippen molar-refractivity contribution in [3.63, 3.8) is 0 Å². The fraction of sp³-hybridized carbons (Fsp3) is 0.682. The van der Waals surface area contributed by atoms with Gasteiger partial charge in [-0.15, -0.1) is 0 Å². The number of nitrogens with one attached hydrogen (secondary N) is 1. The summed E-state index contributed by atoms with van der Waals surface area (Å²) in [4.78, 5) is 18.9. The van der Waals surface area contributed by atoms with Crippen LogP contribution in [-0.2, 0) is 4.79 Å². The van der Waals surface area contributed by atoms with E-state index in [4.69, 9.17) is 4.74 Å². The highest BCUT2D eigenvalue weighted by molar-refractivity contribution is 5.77. The number of hydrogen-bond acceptors (Lipinski definition) is 3. The monoisotopic (exact) mass is 372 g/mol. The summed E-state index contributed by atoms with van der Waals surface area (Å²) < 4.78 is 5.34. The van der Waals surface area contributed by atoms with E-state index in [0.29, 0.717) is 12.5 Å². The lowest BCUT2D eigenvalue weighted by Gasteiger charge is -2.41. The van der Waals surface area contributed by atoms with Crippen LogP contribution >= 0.6 is 0 Å². The summed E-state index contributed by atoms with van der Waals surface area (Å²) in [5.74, 6) is 2.95. The molecule has 1 aliphatic carbocycles. The number of carbonyl (C=O) groups is 1. The molecule has 1 saturated carbocycles. The van der Waals surface area contributed by atoms with Crippen molar-refractivity contribution < 1.29 is 14.4 Å². The minimum Gasteiger partial charge on any atom is -0.497 e. The van der Waals surface area contributed by atoms with E-state index in [9.17, 15) is 4.79 Å². The third-order valence-electron chi connectivity index (χ3n) is 6.93. The Balaban J connectivity index is 1.26. The van der Waals surface area contributed by atoms with Crippen LogP contribution in [-0.4, -0.2) is 63.7 Å². The first-order valence-electron chi connectivity index (χ1n) is 10.7. The Labute approximate surface area is 163 Å². The highest BCUT2D eigenvalue weighted by atomic mass is 16.5. The van der Waals surface area contributed by atoms with Crippen LogP contribution in [0.3, 0.4) is 0 Å². The zero-order chi connectivity index (χ0) is 18.6. The van der Waals surface area contributed by atoms with E-state index in [1.54, 1.807) is 7.11 Å². The maximum absolute atomic E-state index is 12.9. The van der Waals surface area contributed by atoms with Gasteiger partial charge in [0, 0.05) is 24.8 Å². The highest BCUT2D eigenvalue weighted by Gasteiger charge is 2.34. The van der Waals surface area contributed by atoms with Crippen LogP contribution in [0.1, 0.15) is 32.1 Å². The number of benzene rings is 1. The summed E-state index contributed by atoms with van der Waals surface area (Å²) in [6.07, 6.45) is 6.72. The molecule has 148 valence electrons. The Morgan fingerprint density at radius 1 is 1.11 bits per heavy atom. The van der Waals surface area contributed by atoms with Crippen molar-refractivity contribution in [3.05, 3.63) is 24.3 Å². The first kappa shape index (κ1) is 18.6. The van der Waals surface area contributed by atoms with Crippen molar-refractivity contribution in [2.75, 3.05) is 57.8 Å². The number of fused-ring (bicyclic) bond motifs is 1. The second-order valence-corrected chi connectivity index (χ2v) is 8.55. The average molecular weight is 373 g/mol. The molecule has 2 heterocycles. The van der Waals surface area contributed by atoms with E-state index < -0.39 is 0 Å². The van der Waals surface area contributed by atoms with Gasteiger partial charge in [0.05, 0.1) is 33.3 Å². The highest BCUT2D eigenvalue weighted by Crippen LogP contribution is 2.35. The molecule has 0 aromatic heterocycles. The number of nitrogens with zero attached hydrogens (tertiary/aromatic N) is 2. The Kier molecular flexibility index (Phi) is 5.86. The van der Waals surface area contributed by atoms with E-state index in [1.165, 1.54) is 42.7 Å². The molecule has 2 atom stereocenters. The second kappa shape index (κ2) is 8.51. The Hall–Kier alpha value is -1.75. The lowest BCUT2D eigenvalue weighted by molar-refractivity contribution is -0.892. The summed E-state index contributed by atoms with van der Waals surface area (Å²) >= 11 is 0. The standard InChI is InChI=1S/C22H33N3O2/c1-27-21-8-4-7-20(15-21)24-13-11-23(12-14-24)17-22(26)25-10-9-18-5-2-3-6-19(18)16-25/h4,7-8,15,18-19H,2-3,5-6,9-14,16-17H2,1H3/p+1/t18-,19+/m0/s1. The number of rotatable bonds is 4. The van der Waals surface area contributed by atoms with Gasteiger partial charge in [0.2, 0.25) is 0 Å². The maximum Gasteiger partial charge on any atom is 0.277 e. The minimum atomic E-state index is 0.379. The van der Waals surface area contributed by atoms with Crippen LogP contribution in [0.15, 0.2) is 24.3 Å². The van der Waals surface area contributed by atoms with Crippen molar-refractivity contribution in [3.8, 4) is 5.75 Å². The lowest BCUT2D eigenvalue weighted by atomic mass is 9.75. The normalized spacial score (nSPS) is 26.6. The average Bonchev–Trinajstić information content (AvgIpc) is 2.74. The Morgan fingerprint density at radius 3 is 2.67 bits per heavy atom. The van der Waals surface area contributed by atoms with Gasteiger partial charge < -0.3 is 19.4 Å². The SMILES string of the molecule is COc1cccc(N2CC[NH+](CC(=O)N3CC[C@@H]4CCCC[C@@H]4C3)CC2)c1. The molecular weight excluding hydrogens is 338 g/mol. The summed E-state index contributed by atoms with van der Waals surface area (Å²) in [7, 11) is 1.71. The first-order valence-corrected chi connectivity index (χ1v) is 10.7. The third-order valence-corrected chi connectivity index (χ3v) is 6.93. The van der Waals surface area contributed by atoms with Gasteiger partial charge in [-0.2, -0.15) is 0 Å². The van der Waals surface area contributed by atoms with Gasteiger partial charge in [-0.1, -0.05) is 25.3 Å². The Morgan fingerprint density at radius 2 is 1.89 bits per heavy atom. The lowest BCUT2D eigenvalue weighted by Crippen LogP contribution is -3.16. The minimum absolute atomic E-state index is 0.379. The van der Waals surface area contributed by atoms with E-state index in [2.05, 4.69) is 21.9 Å². The van der Waals surface area contributed by atoms with E-state index in [-0.39, 0.29) is 0 Å². The van der Waals surface area contributed by atoms with E-state index in [0.717, 1.165) is 56.9 Å². The zero-order valence-corrected chi connectivity index (χ0v) is 16.7. The van der Waals surface area contributed by atoms with Gasteiger partial charge in [-0.25, -0.2) is 0 Å². The topological polar surface area (TPSA) is 37.2 Å². The molecule has 0 unspecified atom stereocenters.